The first kappa shape index (κ1) is 15.1. The Morgan fingerprint density at radius 3 is 3.05 bits per heavy atom. The Bertz CT molecular complexity index is 607. The maximum Gasteiger partial charge on any atom is 0.0888 e. The van der Waals surface area contributed by atoms with Crippen LogP contribution < -0.4 is 5.32 Å². The summed E-state index contributed by atoms with van der Waals surface area (Å²) in [5, 5.41) is 12.7. The molecule has 4 heteroatoms. The van der Waals surface area contributed by atoms with E-state index < -0.39 is 0 Å². The third kappa shape index (κ3) is 3.90. The second-order valence-electron chi connectivity index (χ2n) is 6.01. The summed E-state index contributed by atoms with van der Waals surface area (Å²) >= 11 is 0. The van der Waals surface area contributed by atoms with Gasteiger partial charge in [0.1, 0.15) is 0 Å². The van der Waals surface area contributed by atoms with Crippen molar-refractivity contribution in [1.29, 1.82) is 0 Å². The molecular formula is C18H23N3O. The number of rotatable bonds is 4. The fraction of sp³-hybridized carbons (Fsp3) is 0.444. The molecule has 3 rings (SSSR count). The summed E-state index contributed by atoms with van der Waals surface area (Å²) in [4.78, 5) is 9.14. The molecule has 1 aromatic carbocycles. The summed E-state index contributed by atoms with van der Waals surface area (Å²) in [6, 6.07) is 7.86. The van der Waals surface area contributed by atoms with E-state index in [4.69, 9.17) is 4.98 Å². The number of benzene rings is 1. The maximum atomic E-state index is 9.26. The molecule has 2 aromatic rings. The minimum atomic E-state index is 0.0516. The van der Waals surface area contributed by atoms with Crippen molar-refractivity contribution < 1.29 is 5.11 Å². The number of hydrogen-bond donors (Lipinski definition) is 2. The zero-order valence-corrected chi connectivity index (χ0v) is 12.8. The summed E-state index contributed by atoms with van der Waals surface area (Å²) in [5.74, 6) is 0.698. The van der Waals surface area contributed by atoms with E-state index in [1.165, 1.54) is 19.3 Å². The van der Waals surface area contributed by atoms with Gasteiger partial charge in [-0.25, -0.2) is 4.98 Å². The Morgan fingerprint density at radius 2 is 2.14 bits per heavy atom. The quantitative estimate of drug-likeness (QED) is 0.910. The van der Waals surface area contributed by atoms with Gasteiger partial charge in [-0.3, -0.25) is 4.98 Å². The van der Waals surface area contributed by atoms with E-state index >= 15 is 0 Å². The van der Waals surface area contributed by atoms with Crippen LogP contribution in [0.3, 0.4) is 0 Å². The van der Waals surface area contributed by atoms with Crippen LogP contribution >= 0.6 is 0 Å². The third-order valence-electron chi connectivity index (χ3n) is 4.28. The molecule has 0 aliphatic carbocycles. The molecule has 1 saturated heterocycles. The molecule has 0 bridgehead atoms. The minimum Gasteiger partial charge on any atom is -0.392 e. The highest BCUT2D eigenvalue weighted by Crippen LogP contribution is 2.21. The van der Waals surface area contributed by atoms with Crippen LogP contribution in [-0.2, 0) is 13.0 Å². The lowest BCUT2D eigenvalue weighted by molar-refractivity contribution is 0.282. The van der Waals surface area contributed by atoms with Crippen LogP contribution in [0.1, 0.15) is 30.5 Å². The molecule has 1 fully saturated rings. The molecule has 0 amide bonds. The van der Waals surface area contributed by atoms with Crippen LogP contribution in [0.4, 0.5) is 0 Å². The van der Waals surface area contributed by atoms with Crippen molar-refractivity contribution in [3.63, 3.8) is 0 Å². The lowest BCUT2D eigenvalue weighted by atomic mass is 9.95. The number of aliphatic hydroxyl groups is 1. The molecule has 0 radical (unpaired) electrons. The standard InChI is InChI=1S/C18H23N3O/c22-13-15-3-1-5-16(9-15)18-12-20-11-17(21-18)10-14-4-2-7-19-8-6-14/h1,3,5,9,11-12,14,19,22H,2,4,6-8,10,13H2. The zero-order chi connectivity index (χ0) is 15.2. The number of hydrogen-bond acceptors (Lipinski definition) is 4. The van der Waals surface area contributed by atoms with Gasteiger partial charge in [0.2, 0.25) is 0 Å². The fourth-order valence-electron chi connectivity index (χ4n) is 3.06. The highest BCUT2D eigenvalue weighted by molar-refractivity contribution is 5.59. The van der Waals surface area contributed by atoms with Gasteiger partial charge < -0.3 is 10.4 Å². The van der Waals surface area contributed by atoms with Gasteiger partial charge in [-0.05, 0) is 56.3 Å². The average molecular weight is 297 g/mol. The number of nitrogens with zero attached hydrogens (tertiary/aromatic N) is 2. The molecule has 2 heterocycles. The lowest BCUT2D eigenvalue weighted by Crippen LogP contribution is -2.14. The monoisotopic (exact) mass is 297 g/mol. The van der Waals surface area contributed by atoms with Crippen LogP contribution in [0.25, 0.3) is 11.3 Å². The predicted molar refractivity (Wildman–Crippen MR) is 87.3 cm³/mol. The highest BCUT2D eigenvalue weighted by Gasteiger charge is 2.14. The van der Waals surface area contributed by atoms with E-state index in [9.17, 15) is 5.11 Å². The minimum absolute atomic E-state index is 0.0516. The van der Waals surface area contributed by atoms with Crippen molar-refractivity contribution in [2.75, 3.05) is 13.1 Å². The van der Waals surface area contributed by atoms with Gasteiger partial charge >= 0.3 is 0 Å². The van der Waals surface area contributed by atoms with E-state index in [-0.39, 0.29) is 6.61 Å². The van der Waals surface area contributed by atoms with E-state index in [0.29, 0.717) is 5.92 Å². The van der Waals surface area contributed by atoms with Crippen molar-refractivity contribution in [1.82, 2.24) is 15.3 Å². The first-order valence-electron chi connectivity index (χ1n) is 8.07. The molecule has 1 aromatic heterocycles. The van der Waals surface area contributed by atoms with Gasteiger partial charge in [0.05, 0.1) is 24.2 Å². The normalized spacial score (nSPS) is 18.9. The maximum absolute atomic E-state index is 9.26. The SMILES string of the molecule is OCc1cccc(-c2cncc(CC3CCCNCC3)n2)c1. The molecule has 1 aliphatic heterocycles. The number of aliphatic hydroxyl groups excluding tert-OH is 1. The van der Waals surface area contributed by atoms with Gasteiger partial charge in [-0.15, -0.1) is 0 Å². The Balaban J connectivity index is 1.76. The number of aromatic nitrogens is 2. The Labute approximate surface area is 131 Å². The Kier molecular flexibility index (Phi) is 5.14. The zero-order valence-electron chi connectivity index (χ0n) is 12.8. The van der Waals surface area contributed by atoms with Gasteiger partial charge in [0.25, 0.3) is 0 Å². The predicted octanol–water partition coefficient (Wildman–Crippen LogP) is 2.57. The second-order valence-corrected chi connectivity index (χ2v) is 6.01. The van der Waals surface area contributed by atoms with Crippen LogP contribution in [-0.4, -0.2) is 28.2 Å². The Morgan fingerprint density at radius 1 is 1.18 bits per heavy atom. The van der Waals surface area contributed by atoms with E-state index in [1.807, 2.05) is 30.5 Å². The van der Waals surface area contributed by atoms with Gasteiger partial charge in [-0.1, -0.05) is 18.2 Å². The molecule has 0 spiro atoms. The van der Waals surface area contributed by atoms with E-state index in [1.54, 1.807) is 6.20 Å². The molecule has 1 atom stereocenters. The molecule has 22 heavy (non-hydrogen) atoms. The number of nitrogens with one attached hydrogen (secondary N) is 1. The van der Waals surface area contributed by atoms with Crippen molar-refractivity contribution in [2.24, 2.45) is 5.92 Å². The topological polar surface area (TPSA) is 58.0 Å². The van der Waals surface area contributed by atoms with Gasteiger partial charge in [0.15, 0.2) is 0 Å². The molecule has 1 aliphatic rings. The second kappa shape index (κ2) is 7.47. The molecule has 4 nitrogen and oxygen atoms in total. The van der Waals surface area contributed by atoms with E-state index in [0.717, 1.165) is 42.0 Å². The first-order chi connectivity index (χ1) is 10.8. The lowest BCUT2D eigenvalue weighted by Gasteiger charge is -2.13. The summed E-state index contributed by atoms with van der Waals surface area (Å²) in [6.07, 6.45) is 8.41. The largest absolute Gasteiger partial charge is 0.392 e. The van der Waals surface area contributed by atoms with Crippen LogP contribution in [0.15, 0.2) is 36.7 Å². The summed E-state index contributed by atoms with van der Waals surface area (Å²) < 4.78 is 0. The average Bonchev–Trinajstić information content (AvgIpc) is 2.84. The summed E-state index contributed by atoms with van der Waals surface area (Å²) in [6.45, 7) is 2.29. The summed E-state index contributed by atoms with van der Waals surface area (Å²) in [7, 11) is 0. The molecule has 116 valence electrons. The molecule has 1 unspecified atom stereocenters. The van der Waals surface area contributed by atoms with Gasteiger partial charge in [-0.2, -0.15) is 0 Å². The molecule has 0 saturated carbocycles. The van der Waals surface area contributed by atoms with Gasteiger partial charge in [0, 0.05) is 11.8 Å². The van der Waals surface area contributed by atoms with Crippen molar-refractivity contribution in [3.8, 4) is 11.3 Å². The van der Waals surface area contributed by atoms with Crippen LogP contribution in [0.2, 0.25) is 0 Å². The Hall–Kier alpha value is -1.78. The van der Waals surface area contributed by atoms with Crippen molar-refractivity contribution >= 4 is 0 Å². The van der Waals surface area contributed by atoms with Crippen LogP contribution in [0.5, 0.6) is 0 Å². The fourth-order valence-corrected chi connectivity index (χ4v) is 3.06. The van der Waals surface area contributed by atoms with Crippen molar-refractivity contribution in [3.05, 3.63) is 47.9 Å². The third-order valence-corrected chi connectivity index (χ3v) is 4.28. The smallest absolute Gasteiger partial charge is 0.0888 e. The molecular weight excluding hydrogens is 274 g/mol. The van der Waals surface area contributed by atoms with Crippen molar-refractivity contribution in [2.45, 2.75) is 32.3 Å². The van der Waals surface area contributed by atoms with E-state index in [2.05, 4.69) is 10.3 Å². The van der Waals surface area contributed by atoms with Crippen LogP contribution in [0, 0.1) is 5.92 Å². The first-order valence-corrected chi connectivity index (χ1v) is 8.07. The molecule has 2 N–H and O–H groups in total. The highest BCUT2D eigenvalue weighted by atomic mass is 16.3. The summed E-state index contributed by atoms with van der Waals surface area (Å²) in [5.41, 5.74) is 3.88.